The second-order valence-corrected chi connectivity index (χ2v) is 8.81. The van der Waals surface area contributed by atoms with Crippen molar-refractivity contribution in [3.63, 3.8) is 0 Å². The summed E-state index contributed by atoms with van der Waals surface area (Å²) in [5.74, 6) is 0. The SMILES string of the molecule is CCCCCN(CCCCC)c1ccsc1N(CCCCC)CCCCC. The summed E-state index contributed by atoms with van der Waals surface area (Å²) in [4.78, 5) is 5.40. The van der Waals surface area contributed by atoms with Crippen LogP contribution in [0.1, 0.15) is 105 Å². The Labute approximate surface area is 174 Å². The highest BCUT2D eigenvalue weighted by molar-refractivity contribution is 7.14. The summed E-state index contributed by atoms with van der Waals surface area (Å²) in [6.07, 6.45) is 15.9. The van der Waals surface area contributed by atoms with Gasteiger partial charge in [0.1, 0.15) is 5.00 Å². The lowest BCUT2D eigenvalue weighted by Crippen LogP contribution is -2.30. The van der Waals surface area contributed by atoms with Gasteiger partial charge in [-0.15, -0.1) is 11.3 Å². The average molecular weight is 395 g/mol. The molecule has 1 heterocycles. The minimum absolute atomic E-state index is 1.22. The molecular formula is C24H46N2S. The van der Waals surface area contributed by atoms with Crippen molar-refractivity contribution in [2.45, 2.75) is 105 Å². The van der Waals surface area contributed by atoms with E-state index in [4.69, 9.17) is 0 Å². The van der Waals surface area contributed by atoms with Crippen molar-refractivity contribution < 1.29 is 0 Å². The van der Waals surface area contributed by atoms with Crippen LogP contribution in [0.15, 0.2) is 11.4 Å². The Hall–Kier alpha value is -0.700. The topological polar surface area (TPSA) is 6.48 Å². The third kappa shape index (κ3) is 9.87. The first-order valence-electron chi connectivity index (χ1n) is 11.9. The van der Waals surface area contributed by atoms with Crippen LogP contribution < -0.4 is 9.80 Å². The summed E-state index contributed by atoms with van der Waals surface area (Å²) >= 11 is 1.96. The molecule has 0 fully saturated rings. The quantitative estimate of drug-likeness (QED) is 0.232. The Bertz CT molecular complexity index is 385. The molecule has 1 aromatic rings. The van der Waals surface area contributed by atoms with Crippen LogP contribution in [0.2, 0.25) is 0 Å². The van der Waals surface area contributed by atoms with E-state index < -0.39 is 0 Å². The van der Waals surface area contributed by atoms with Crippen LogP contribution in [0.4, 0.5) is 10.7 Å². The lowest BCUT2D eigenvalue weighted by Gasteiger charge is -2.30. The Morgan fingerprint density at radius 3 is 1.41 bits per heavy atom. The third-order valence-corrected chi connectivity index (χ3v) is 6.34. The monoisotopic (exact) mass is 394 g/mol. The van der Waals surface area contributed by atoms with Gasteiger partial charge in [-0.2, -0.15) is 0 Å². The molecule has 0 aromatic carbocycles. The summed E-state index contributed by atoms with van der Waals surface area (Å²) < 4.78 is 0. The van der Waals surface area contributed by atoms with Crippen molar-refractivity contribution in [1.82, 2.24) is 0 Å². The zero-order valence-corrected chi connectivity index (χ0v) is 19.6. The molecule has 27 heavy (non-hydrogen) atoms. The fourth-order valence-electron chi connectivity index (χ4n) is 3.65. The van der Waals surface area contributed by atoms with Gasteiger partial charge in [-0.25, -0.2) is 0 Å². The van der Waals surface area contributed by atoms with Crippen LogP contribution in [0.5, 0.6) is 0 Å². The molecule has 0 aliphatic carbocycles. The molecule has 0 bridgehead atoms. The summed E-state index contributed by atoms with van der Waals surface area (Å²) in [5.41, 5.74) is 1.51. The van der Waals surface area contributed by atoms with E-state index in [0.29, 0.717) is 0 Å². The van der Waals surface area contributed by atoms with Crippen molar-refractivity contribution in [2.24, 2.45) is 0 Å². The first kappa shape index (κ1) is 24.3. The molecule has 0 amide bonds. The zero-order chi connectivity index (χ0) is 19.7. The number of thiophene rings is 1. The van der Waals surface area contributed by atoms with E-state index in [1.807, 2.05) is 11.3 Å². The molecule has 1 aromatic heterocycles. The standard InChI is InChI=1S/C24H46N2S/c1-5-9-13-18-25(19-14-10-6-2)23-17-22-27-24(23)26(20-15-11-7-3)21-16-12-8-4/h17,22H,5-16,18-21H2,1-4H3. The minimum Gasteiger partial charge on any atom is -0.369 e. The zero-order valence-electron chi connectivity index (χ0n) is 18.8. The van der Waals surface area contributed by atoms with Crippen LogP contribution in [0, 0.1) is 0 Å². The second-order valence-electron chi connectivity index (χ2n) is 7.91. The average Bonchev–Trinajstić information content (AvgIpc) is 3.15. The molecule has 0 saturated heterocycles. The first-order chi connectivity index (χ1) is 13.3. The van der Waals surface area contributed by atoms with Crippen LogP contribution in [0.25, 0.3) is 0 Å². The molecule has 0 saturated carbocycles. The highest BCUT2D eigenvalue weighted by Crippen LogP contribution is 2.36. The van der Waals surface area contributed by atoms with E-state index in [-0.39, 0.29) is 0 Å². The normalized spacial score (nSPS) is 11.1. The minimum atomic E-state index is 1.22. The summed E-state index contributed by atoms with van der Waals surface area (Å²) in [5, 5.41) is 3.86. The maximum atomic E-state index is 2.71. The first-order valence-corrected chi connectivity index (χ1v) is 12.7. The Balaban J connectivity index is 2.86. The number of nitrogens with zero attached hydrogens (tertiary/aromatic N) is 2. The molecule has 0 aliphatic rings. The second kappa shape index (κ2) is 16.3. The number of hydrogen-bond donors (Lipinski definition) is 0. The van der Waals surface area contributed by atoms with Gasteiger partial charge in [0.05, 0.1) is 5.69 Å². The van der Waals surface area contributed by atoms with Crippen LogP contribution in [-0.2, 0) is 0 Å². The van der Waals surface area contributed by atoms with Gasteiger partial charge < -0.3 is 9.80 Å². The molecule has 0 atom stereocenters. The van der Waals surface area contributed by atoms with Gasteiger partial charge in [0.2, 0.25) is 0 Å². The molecule has 0 N–H and O–H groups in total. The number of hydrogen-bond acceptors (Lipinski definition) is 3. The molecule has 0 unspecified atom stereocenters. The van der Waals surface area contributed by atoms with Gasteiger partial charge in [0, 0.05) is 26.2 Å². The molecule has 2 nitrogen and oxygen atoms in total. The predicted octanol–water partition coefficient (Wildman–Crippen LogP) is 8.12. The maximum absolute atomic E-state index is 2.71. The molecule has 158 valence electrons. The lowest BCUT2D eigenvalue weighted by atomic mass is 10.2. The Morgan fingerprint density at radius 2 is 1.00 bits per heavy atom. The maximum Gasteiger partial charge on any atom is 0.115 e. The van der Waals surface area contributed by atoms with Gasteiger partial charge in [-0.3, -0.25) is 0 Å². The largest absolute Gasteiger partial charge is 0.369 e. The van der Waals surface area contributed by atoms with Crippen molar-refractivity contribution in [2.75, 3.05) is 36.0 Å². The smallest absolute Gasteiger partial charge is 0.115 e. The molecule has 3 heteroatoms. The van der Waals surface area contributed by atoms with E-state index in [1.54, 1.807) is 0 Å². The van der Waals surface area contributed by atoms with Crippen LogP contribution >= 0.6 is 11.3 Å². The van der Waals surface area contributed by atoms with Crippen molar-refractivity contribution in [3.05, 3.63) is 11.4 Å². The van der Waals surface area contributed by atoms with E-state index >= 15 is 0 Å². The highest BCUT2D eigenvalue weighted by atomic mass is 32.1. The van der Waals surface area contributed by atoms with Gasteiger partial charge in [0.15, 0.2) is 0 Å². The number of unbranched alkanes of at least 4 members (excludes halogenated alkanes) is 8. The predicted molar refractivity (Wildman–Crippen MR) is 127 cm³/mol. The van der Waals surface area contributed by atoms with Crippen LogP contribution in [0.3, 0.4) is 0 Å². The highest BCUT2D eigenvalue weighted by Gasteiger charge is 2.17. The molecule has 1 rings (SSSR count). The lowest BCUT2D eigenvalue weighted by molar-refractivity contribution is 0.627. The van der Waals surface area contributed by atoms with E-state index in [9.17, 15) is 0 Å². The summed E-state index contributed by atoms with van der Waals surface area (Å²) in [7, 11) is 0. The molecule has 0 spiro atoms. The third-order valence-electron chi connectivity index (χ3n) is 5.38. The van der Waals surface area contributed by atoms with Gasteiger partial charge in [0.25, 0.3) is 0 Å². The Morgan fingerprint density at radius 1 is 0.593 bits per heavy atom. The van der Waals surface area contributed by atoms with Crippen molar-refractivity contribution in [1.29, 1.82) is 0 Å². The van der Waals surface area contributed by atoms with Crippen molar-refractivity contribution >= 4 is 22.0 Å². The number of anilines is 2. The van der Waals surface area contributed by atoms with Gasteiger partial charge >= 0.3 is 0 Å². The van der Waals surface area contributed by atoms with Crippen LogP contribution in [-0.4, -0.2) is 26.2 Å². The molecular weight excluding hydrogens is 348 g/mol. The summed E-state index contributed by atoms with van der Waals surface area (Å²) in [6.45, 7) is 14.1. The number of rotatable bonds is 18. The van der Waals surface area contributed by atoms with Gasteiger partial charge in [-0.1, -0.05) is 79.1 Å². The molecule has 0 aliphatic heterocycles. The van der Waals surface area contributed by atoms with E-state index in [0.717, 1.165) is 0 Å². The molecule has 0 radical (unpaired) electrons. The van der Waals surface area contributed by atoms with E-state index in [1.165, 1.54) is 114 Å². The van der Waals surface area contributed by atoms with Crippen molar-refractivity contribution in [3.8, 4) is 0 Å². The fraction of sp³-hybridized carbons (Fsp3) is 0.833. The summed E-state index contributed by atoms with van der Waals surface area (Å²) in [6, 6.07) is 2.39. The fourth-order valence-corrected chi connectivity index (χ4v) is 4.63. The van der Waals surface area contributed by atoms with Gasteiger partial charge in [-0.05, 0) is 37.1 Å². The van der Waals surface area contributed by atoms with E-state index in [2.05, 4.69) is 48.9 Å². The Kier molecular flexibility index (Phi) is 14.7.